The lowest BCUT2D eigenvalue weighted by Crippen LogP contribution is -2.28. The molecule has 0 fully saturated rings. The molecule has 1 atom stereocenters. The molecule has 0 amide bonds. The van der Waals surface area contributed by atoms with Crippen LogP contribution in [0.3, 0.4) is 0 Å². The van der Waals surface area contributed by atoms with E-state index in [1.807, 2.05) is 6.92 Å². The van der Waals surface area contributed by atoms with Gasteiger partial charge in [-0.3, -0.25) is 4.79 Å². The summed E-state index contributed by atoms with van der Waals surface area (Å²) < 4.78 is 40.7. The van der Waals surface area contributed by atoms with Crippen LogP contribution in [-0.4, -0.2) is 57.3 Å². The summed E-state index contributed by atoms with van der Waals surface area (Å²) in [5.41, 5.74) is 9.00. The Kier molecular flexibility index (Phi) is 9.33. The van der Waals surface area contributed by atoms with Crippen molar-refractivity contribution in [2.24, 2.45) is 5.73 Å². The fraction of sp³-hybridized carbons (Fsp3) is 0.448. The van der Waals surface area contributed by atoms with Gasteiger partial charge in [0.1, 0.15) is 22.5 Å². The van der Waals surface area contributed by atoms with Crippen molar-refractivity contribution in [1.29, 1.82) is 0 Å². The number of thioether (sulfide) groups is 1. The van der Waals surface area contributed by atoms with E-state index in [0.717, 1.165) is 9.65 Å². The second-order valence-corrected chi connectivity index (χ2v) is 13.7. The third-order valence-corrected chi connectivity index (χ3v) is 9.09. The first-order valence-corrected chi connectivity index (χ1v) is 16.1. The van der Waals surface area contributed by atoms with Gasteiger partial charge in [0.2, 0.25) is 0 Å². The number of hydrogen-bond acceptors (Lipinski definition) is 10. The second-order valence-electron chi connectivity index (χ2n) is 10.9. The van der Waals surface area contributed by atoms with Gasteiger partial charge in [0.25, 0.3) is 10.0 Å². The molecule has 3 aromatic rings. The zero-order valence-electron chi connectivity index (χ0n) is 24.5. The minimum atomic E-state index is -4.02. The number of nitrogens with zero attached hydrogens (tertiary/aromatic N) is 4. The smallest absolute Gasteiger partial charge is 0.356 e. The van der Waals surface area contributed by atoms with E-state index in [2.05, 4.69) is 11.7 Å². The topological polar surface area (TPSA) is 148 Å². The molecule has 0 radical (unpaired) electrons. The van der Waals surface area contributed by atoms with Gasteiger partial charge in [-0.1, -0.05) is 35.5 Å². The Morgan fingerprint density at radius 3 is 2.50 bits per heavy atom. The normalized spacial score (nSPS) is 13.7. The molecule has 42 heavy (non-hydrogen) atoms. The first-order chi connectivity index (χ1) is 19.8. The lowest BCUT2D eigenvalue weighted by Gasteiger charge is -2.20. The van der Waals surface area contributed by atoms with Gasteiger partial charge in [-0.25, -0.2) is 9.48 Å². The number of benzene rings is 1. The summed E-state index contributed by atoms with van der Waals surface area (Å²) in [5, 5.41) is 9.74. The quantitative estimate of drug-likeness (QED) is 0.187. The molecule has 1 aliphatic carbocycles. The molecule has 4 rings (SSSR count). The van der Waals surface area contributed by atoms with Gasteiger partial charge >= 0.3 is 11.9 Å². The molecule has 226 valence electrons. The van der Waals surface area contributed by atoms with Crippen LogP contribution in [0.25, 0.3) is 11.3 Å². The number of aromatic nitrogens is 4. The number of carbonyl (C=O) groups excluding carboxylic acids is 2. The first-order valence-electron chi connectivity index (χ1n) is 13.7. The lowest BCUT2D eigenvalue weighted by molar-refractivity contribution is -0.155. The Balaban J connectivity index is 1.83. The summed E-state index contributed by atoms with van der Waals surface area (Å²) in [6.45, 7) is 12.9. The molecule has 0 saturated heterocycles. The average Bonchev–Trinajstić information content (AvgIpc) is 3.49. The molecular formula is C29H37N5O6S2. The van der Waals surface area contributed by atoms with Crippen molar-refractivity contribution in [2.75, 3.05) is 12.4 Å². The van der Waals surface area contributed by atoms with E-state index in [0.29, 0.717) is 46.1 Å². The van der Waals surface area contributed by atoms with Crippen molar-refractivity contribution >= 4 is 33.7 Å². The summed E-state index contributed by atoms with van der Waals surface area (Å²) in [6.07, 6.45) is 1.64. The van der Waals surface area contributed by atoms with Crippen LogP contribution in [0.2, 0.25) is 0 Å². The van der Waals surface area contributed by atoms with Gasteiger partial charge in [0, 0.05) is 17.7 Å². The van der Waals surface area contributed by atoms with Crippen molar-refractivity contribution < 1.29 is 27.5 Å². The maximum absolute atomic E-state index is 13.7. The van der Waals surface area contributed by atoms with Crippen molar-refractivity contribution in [3.05, 3.63) is 59.4 Å². The summed E-state index contributed by atoms with van der Waals surface area (Å²) >= 11 is 1.32. The van der Waals surface area contributed by atoms with Gasteiger partial charge < -0.3 is 15.2 Å². The maximum Gasteiger partial charge on any atom is 0.356 e. The molecule has 1 aromatic carbocycles. The van der Waals surface area contributed by atoms with Gasteiger partial charge in [0.05, 0.1) is 22.8 Å². The van der Waals surface area contributed by atoms with Crippen molar-refractivity contribution in [3.8, 4) is 11.3 Å². The van der Waals surface area contributed by atoms with Gasteiger partial charge in [-0.15, -0.1) is 6.58 Å². The highest BCUT2D eigenvalue weighted by atomic mass is 32.2. The van der Waals surface area contributed by atoms with E-state index in [-0.39, 0.29) is 30.0 Å². The lowest BCUT2D eigenvalue weighted by atomic mass is 9.94. The molecule has 2 aromatic heterocycles. The van der Waals surface area contributed by atoms with Crippen LogP contribution in [0.15, 0.2) is 46.8 Å². The number of nitrogens with two attached hydrogens (primary N) is 1. The summed E-state index contributed by atoms with van der Waals surface area (Å²) in [7, 11) is -4.02. The van der Waals surface area contributed by atoms with Crippen LogP contribution >= 0.6 is 11.8 Å². The van der Waals surface area contributed by atoms with E-state index in [4.69, 9.17) is 20.3 Å². The third kappa shape index (κ3) is 6.47. The van der Waals surface area contributed by atoms with Gasteiger partial charge in [0.15, 0.2) is 5.69 Å². The number of ether oxygens (including phenoxy) is 2. The van der Waals surface area contributed by atoms with Crippen LogP contribution in [0, 0.1) is 6.92 Å². The molecule has 0 saturated carbocycles. The van der Waals surface area contributed by atoms with Crippen molar-refractivity contribution in [3.63, 3.8) is 0 Å². The number of hydrogen-bond donors (Lipinski definition) is 1. The van der Waals surface area contributed by atoms with Gasteiger partial charge in [-0.05, 0) is 66.0 Å². The van der Waals surface area contributed by atoms with Crippen molar-refractivity contribution in [1.82, 2.24) is 19.0 Å². The summed E-state index contributed by atoms with van der Waals surface area (Å²) in [5.74, 6) is -0.535. The Hall–Kier alpha value is -3.42. The molecule has 0 bridgehead atoms. The Labute approximate surface area is 250 Å². The molecule has 2 N–H and O–H groups in total. The SMILES string of the molecule is C=CCSc1nn(S(=O)(=O)c2ccc(C)cc2)c2c1-c1nn(C(N)CCC(=O)OC(C)(C)C)c(C(=O)OCC)c1CC2. The van der Waals surface area contributed by atoms with Crippen LogP contribution in [0.4, 0.5) is 0 Å². The van der Waals surface area contributed by atoms with Crippen LogP contribution in [0.5, 0.6) is 0 Å². The molecule has 2 heterocycles. The maximum atomic E-state index is 13.7. The Bertz CT molecular complexity index is 1600. The number of esters is 2. The molecule has 1 aliphatic rings. The highest BCUT2D eigenvalue weighted by molar-refractivity contribution is 7.99. The van der Waals surface area contributed by atoms with Crippen LogP contribution in [-0.2, 0) is 37.1 Å². The number of rotatable bonds is 11. The van der Waals surface area contributed by atoms with E-state index >= 15 is 0 Å². The van der Waals surface area contributed by atoms with Crippen LogP contribution < -0.4 is 5.73 Å². The molecule has 1 unspecified atom stereocenters. The molecule has 13 heteroatoms. The Morgan fingerprint density at radius 1 is 1.19 bits per heavy atom. The van der Waals surface area contributed by atoms with Crippen LogP contribution in [0.1, 0.15) is 74.0 Å². The highest BCUT2D eigenvalue weighted by Crippen LogP contribution is 2.42. The summed E-state index contributed by atoms with van der Waals surface area (Å²) in [6, 6.07) is 6.59. The molecule has 0 spiro atoms. The predicted octanol–water partition coefficient (Wildman–Crippen LogP) is 4.42. The third-order valence-electron chi connectivity index (χ3n) is 6.50. The van der Waals surface area contributed by atoms with E-state index in [1.54, 1.807) is 58.0 Å². The average molecular weight is 616 g/mol. The van der Waals surface area contributed by atoms with Crippen molar-refractivity contribution in [2.45, 2.75) is 82.0 Å². The minimum absolute atomic E-state index is 0.0175. The fourth-order valence-corrected chi connectivity index (χ4v) is 6.87. The zero-order chi connectivity index (χ0) is 30.8. The monoisotopic (exact) mass is 615 g/mol. The van der Waals surface area contributed by atoms with Gasteiger partial charge in [-0.2, -0.15) is 22.7 Å². The zero-order valence-corrected chi connectivity index (χ0v) is 26.2. The van der Waals surface area contributed by atoms with E-state index < -0.39 is 33.7 Å². The molecule has 0 aliphatic heterocycles. The number of carbonyl (C=O) groups is 2. The minimum Gasteiger partial charge on any atom is -0.461 e. The summed E-state index contributed by atoms with van der Waals surface area (Å²) in [4.78, 5) is 25.7. The standard InChI is InChI=1S/C29H37N5O6S2/c1-7-17-41-27-24-21(34(32-27)42(37,38)19-11-9-18(3)10-12-19)14-13-20-25(24)31-33(26(20)28(36)39-8-2)22(30)15-16-23(35)40-29(4,5)6/h7,9-12,22H,1,8,13-17,30H2,2-6H3. The second kappa shape index (κ2) is 12.4. The highest BCUT2D eigenvalue weighted by Gasteiger charge is 2.37. The Morgan fingerprint density at radius 2 is 1.88 bits per heavy atom. The predicted molar refractivity (Wildman–Crippen MR) is 160 cm³/mol. The molecule has 11 nitrogen and oxygen atoms in total. The number of aryl methyl sites for hydroxylation is 1. The first kappa shape index (κ1) is 31.5. The number of fused-ring (bicyclic) bond motifs is 3. The van der Waals surface area contributed by atoms with E-state index in [9.17, 15) is 18.0 Å². The largest absolute Gasteiger partial charge is 0.461 e. The van der Waals surface area contributed by atoms with E-state index in [1.165, 1.54) is 16.4 Å². The molecular weight excluding hydrogens is 578 g/mol. The fourth-order valence-electron chi connectivity index (χ4n) is 4.70.